The number of benzene rings is 1. The number of aryl methyl sites for hydroxylation is 1. The Morgan fingerprint density at radius 2 is 1.94 bits per heavy atom. The van der Waals surface area contributed by atoms with E-state index in [0.29, 0.717) is 5.78 Å². The summed E-state index contributed by atoms with van der Waals surface area (Å²) in [7, 11) is 1.65. The molecule has 2 saturated carbocycles. The first-order valence-electron chi connectivity index (χ1n) is 6.38. The van der Waals surface area contributed by atoms with E-state index < -0.39 is 0 Å². The van der Waals surface area contributed by atoms with Crippen LogP contribution in [0, 0.1) is 24.7 Å². The van der Waals surface area contributed by atoms with Gasteiger partial charge >= 0.3 is 0 Å². The van der Waals surface area contributed by atoms with Gasteiger partial charge in [0, 0.05) is 11.5 Å². The average Bonchev–Trinajstić information content (AvgIpc) is 2.95. The molecule has 0 aliphatic heterocycles. The van der Waals surface area contributed by atoms with E-state index in [1.165, 1.54) is 6.42 Å². The Bertz CT molecular complexity index is 454. The maximum atomic E-state index is 12.4. The molecule has 0 amide bonds. The fourth-order valence-electron chi connectivity index (χ4n) is 3.19. The van der Waals surface area contributed by atoms with Gasteiger partial charge in [0.1, 0.15) is 5.75 Å². The van der Waals surface area contributed by atoms with Crippen LogP contribution in [0.1, 0.15) is 35.2 Å². The van der Waals surface area contributed by atoms with Crippen LogP contribution in [-0.2, 0) is 0 Å². The van der Waals surface area contributed by atoms with Crippen molar-refractivity contribution < 1.29 is 9.53 Å². The van der Waals surface area contributed by atoms with E-state index in [2.05, 4.69) is 0 Å². The monoisotopic (exact) mass is 230 g/mol. The number of methoxy groups -OCH3 is 1. The van der Waals surface area contributed by atoms with E-state index in [1.54, 1.807) is 7.11 Å². The van der Waals surface area contributed by atoms with Gasteiger partial charge in [0.25, 0.3) is 0 Å². The fourth-order valence-corrected chi connectivity index (χ4v) is 3.19. The lowest BCUT2D eigenvalue weighted by atomic mass is 9.91. The van der Waals surface area contributed by atoms with Crippen molar-refractivity contribution >= 4 is 5.78 Å². The average molecular weight is 230 g/mol. The van der Waals surface area contributed by atoms with Gasteiger partial charge in [-0.25, -0.2) is 0 Å². The van der Waals surface area contributed by atoms with Crippen molar-refractivity contribution in [3.63, 3.8) is 0 Å². The van der Waals surface area contributed by atoms with Gasteiger partial charge in [-0.1, -0.05) is 0 Å². The van der Waals surface area contributed by atoms with Crippen molar-refractivity contribution in [3.05, 3.63) is 29.3 Å². The SMILES string of the molecule is COc1ccc(C(=O)C2CC3CC3C2)c(C)c1. The van der Waals surface area contributed by atoms with Crippen LogP contribution in [0.5, 0.6) is 5.75 Å². The number of rotatable bonds is 3. The number of Topliss-reactive ketones (excluding diaryl/α,β-unsaturated/α-hetero) is 1. The summed E-state index contributed by atoms with van der Waals surface area (Å²) in [5.41, 5.74) is 1.92. The molecule has 1 aromatic carbocycles. The van der Waals surface area contributed by atoms with Gasteiger partial charge in [-0.2, -0.15) is 0 Å². The minimum atomic E-state index is 0.283. The van der Waals surface area contributed by atoms with Crippen molar-refractivity contribution in [1.82, 2.24) is 0 Å². The molecule has 0 bridgehead atoms. The maximum Gasteiger partial charge on any atom is 0.166 e. The molecule has 2 aliphatic carbocycles. The molecule has 0 spiro atoms. The second-order valence-electron chi connectivity index (χ2n) is 5.47. The molecule has 0 aromatic heterocycles. The third-order valence-electron chi connectivity index (χ3n) is 4.31. The number of ether oxygens (including phenoxy) is 1. The normalized spacial score (nSPS) is 29.9. The molecular weight excluding hydrogens is 212 g/mol. The summed E-state index contributed by atoms with van der Waals surface area (Å²) < 4.78 is 5.17. The third kappa shape index (κ3) is 1.86. The van der Waals surface area contributed by atoms with E-state index in [4.69, 9.17) is 4.74 Å². The van der Waals surface area contributed by atoms with E-state index in [1.807, 2.05) is 25.1 Å². The minimum absolute atomic E-state index is 0.283. The van der Waals surface area contributed by atoms with E-state index in [-0.39, 0.29) is 5.92 Å². The standard InChI is InChI=1S/C15H18O2/c1-9-5-13(17-2)3-4-14(9)15(16)12-7-10-6-11(10)8-12/h3-5,10-12H,6-8H2,1-2H3. The highest BCUT2D eigenvalue weighted by Gasteiger charge is 2.48. The molecule has 0 heterocycles. The largest absolute Gasteiger partial charge is 0.497 e. The van der Waals surface area contributed by atoms with Crippen molar-refractivity contribution in [2.75, 3.05) is 7.11 Å². The van der Waals surface area contributed by atoms with Crippen molar-refractivity contribution in [2.24, 2.45) is 17.8 Å². The summed E-state index contributed by atoms with van der Waals surface area (Å²) in [6.45, 7) is 1.99. The number of hydrogen-bond donors (Lipinski definition) is 0. The fraction of sp³-hybridized carbons (Fsp3) is 0.533. The summed E-state index contributed by atoms with van der Waals surface area (Å²) in [5.74, 6) is 3.18. The number of ketones is 1. The molecule has 2 nitrogen and oxygen atoms in total. The Hall–Kier alpha value is -1.31. The summed E-state index contributed by atoms with van der Waals surface area (Å²) in [5, 5.41) is 0. The molecule has 90 valence electrons. The maximum absolute atomic E-state index is 12.4. The van der Waals surface area contributed by atoms with Crippen LogP contribution in [0.2, 0.25) is 0 Å². The molecule has 1 aromatic rings. The summed E-state index contributed by atoms with van der Waals surface area (Å²) >= 11 is 0. The van der Waals surface area contributed by atoms with Crippen LogP contribution in [0.15, 0.2) is 18.2 Å². The predicted octanol–water partition coefficient (Wildman–Crippen LogP) is 3.23. The molecular formula is C15H18O2. The number of carbonyl (C=O) groups is 1. The number of carbonyl (C=O) groups excluding carboxylic acids is 1. The van der Waals surface area contributed by atoms with Gasteiger partial charge in [0.05, 0.1) is 7.11 Å². The molecule has 0 radical (unpaired) electrons. The third-order valence-corrected chi connectivity index (χ3v) is 4.31. The zero-order valence-corrected chi connectivity index (χ0v) is 10.4. The van der Waals surface area contributed by atoms with Gasteiger partial charge in [0.2, 0.25) is 0 Å². The van der Waals surface area contributed by atoms with Gasteiger partial charge in [0.15, 0.2) is 5.78 Å². The van der Waals surface area contributed by atoms with E-state index in [9.17, 15) is 4.79 Å². The molecule has 17 heavy (non-hydrogen) atoms. The number of hydrogen-bond acceptors (Lipinski definition) is 2. The molecule has 2 heteroatoms. The Labute approximate surface area is 102 Å². The highest BCUT2D eigenvalue weighted by Crippen LogP contribution is 2.55. The first kappa shape index (κ1) is 10.8. The van der Waals surface area contributed by atoms with Crippen LogP contribution >= 0.6 is 0 Å². The Kier molecular flexibility index (Phi) is 2.46. The highest BCUT2D eigenvalue weighted by atomic mass is 16.5. The molecule has 2 aliphatic rings. The van der Waals surface area contributed by atoms with Crippen molar-refractivity contribution in [3.8, 4) is 5.75 Å². The smallest absolute Gasteiger partial charge is 0.166 e. The van der Waals surface area contributed by atoms with Crippen molar-refractivity contribution in [2.45, 2.75) is 26.2 Å². The van der Waals surface area contributed by atoms with Crippen LogP contribution < -0.4 is 4.74 Å². The van der Waals surface area contributed by atoms with Gasteiger partial charge in [-0.05, 0) is 61.8 Å². The minimum Gasteiger partial charge on any atom is -0.497 e. The topological polar surface area (TPSA) is 26.3 Å². The second-order valence-corrected chi connectivity index (χ2v) is 5.47. The first-order chi connectivity index (χ1) is 8.19. The predicted molar refractivity (Wildman–Crippen MR) is 66.4 cm³/mol. The molecule has 2 unspecified atom stereocenters. The number of fused-ring (bicyclic) bond motifs is 1. The highest BCUT2D eigenvalue weighted by molar-refractivity contribution is 5.99. The lowest BCUT2D eigenvalue weighted by Crippen LogP contribution is -2.14. The molecule has 3 rings (SSSR count). The van der Waals surface area contributed by atoms with Crippen molar-refractivity contribution in [1.29, 1.82) is 0 Å². The van der Waals surface area contributed by atoms with E-state index in [0.717, 1.165) is 41.6 Å². The Morgan fingerprint density at radius 1 is 1.24 bits per heavy atom. The van der Waals surface area contributed by atoms with Crippen LogP contribution in [0.3, 0.4) is 0 Å². The lowest BCUT2D eigenvalue weighted by molar-refractivity contribution is 0.0914. The Balaban J connectivity index is 1.81. The Morgan fingerprint density at radius 3 is 2.53 bits per heavy atom. The van der Waals surface area contributed by atoms with Crippen LogP contribution in [0.25, 0.3) is 0 Å². The van der Waals surface area contributed by atoms with Gasteiger partial charge in [-0.15, -0.1) is 0 Å². The molecule has 2 atom stereocenters. The van der Waals surface area contributed by atoms with Crippen LogP contribution in [0.4, 0.5) is 0 Å². The van der Waals surface area contributed by atoms with Crippen LogP contribution in [-0.4, -0.2) is 12.9 Å². The van der Waals surface area contributed by atoms with E-state index >= 15 is 0 Å². The quantitative estimate of drug-likeness (QED) is 0.745. The van der Waals surface area contributed by atoms with Gasteiger partial charge in [-0.3, -0.25) is 4.79 Å². The first-order valence-corrected chi connectivity index (χ1v) is 6.38. The zero-order chi connectivity index (χ0) is 12.0. The second kappa shape index (κ2) is 3.86. The molecule has 0 saturated heterocycles. The summed E-state index contributed by atoms with van der Waals surface area (Å²) in [4.78, 5) is 12.4. The molecule has 0 N–H and O–H groups in total. The lowest BCUT2D eigenvalue weighted by Gasteiger charge is -2.13. The van der Waals surface area contributed by atoms with Gasteiger partial charge < -0.3 is 4.74 Å². The summed E-state index contributed by atoms with van der Waals surface area (Å²) in [6, 6.07) is 5.75. The summed E-state index contributed by atoms with van der Waals surface area (Å²) in [6.07, 6.45) is 3.61. The zero-order valence-electron chi connectivity index (χ0n) is 10.4. The molecule has 2 fully saturated rings.